The van der Waals surface area contributed by atoms with Crippen LogP contribution < -0.4 is 20.3 Å². The fourth-order valence-electron chi connectivity index (χ4n) is 6.47. The van der Waals surface area contributed by atoms with Crippen LogP contribution >= 0.6 is 0 Å². The summed E-state index contributed by atoms with van der Waals surface area (Å²) in [5.74, 6) is -0.297. The number of fused-ring (bicyclic) bond motifs is 3. The standard InChI is InChI=1S/C29H32FN7O3/c1-16-10-36(11-17(2)32-16)24-5-4-21(27(38)34-20-6-23(30)26-33-18(3)12-37(26)13-20)25-22(24)9-31-28(35-25)39-15-29-7-19(8-29)14-40-29/h4-6,9,12-13,16-17,19,32H,7-8,10-11,14-15H2,1-3H3,(H,34,38)/t16-,17-,19?,29?/m1/s1. The van der Waals surface area contributed by atoms with Gasteiger partial charge in [0.15, 0.2) is 11.5 Å². The van der Waals surface area contributed by atoms with Crippen LogP contribution in [0, 0.1) is 18.7 Å². The van der Waals surface area contributed by atoms with Crippen LogP contribution in [0.25, 0.3) is 16.6 Å². The fraction of sp³-hybridized carbons (Fsp3) is 0.448. The number of anilines is 2. The van der Waals surface area contributed by atoms with Crippen molar-refractivity contribution in [2.75, 3.05) is 36.5 Å². The molecule has 2 bridgehead atoms. The highest BCUT2D eigenvalue weighted by molar-refractivity contribution is 6.13. The van der Waals surface area contributed by atoms with E-state index in [0.29, 0.717) is 47.1 Å². The van der Waals surface area contributed by atoms with E-state index in [1.165, 1.54) is 6.07 Å². The average molecular weight is 546 g/mol. The first-order chi connectivity index (χ1) is 19.2. The van der Waals surface area contributed by atoms with Crippen LogP contribution in [0.5, 0.6) is 6.01 Å². The highest BCUT2D eigenvalue weighted by Gasteiger charge is 2.52. The Bertz CT molecular complexity index is 1620. The molecule has 0 radical (unpaired) electrons. The van der Waals surface area contributed by atoms with Crippen molar-refractivity contribution in [3.8, 4) is 6.01 Å². The van der Waals surface area contributed by atoms with Crippen molar-refractivity contribution in [3.05, 3.63) is 53.9 Å². The van der Waals surface area contributed by atoms with E-state index in [9.17, 15) is 9.18 Å². The highest BCUT2D eigenvalue weighted by Crippen LogP contribution is 2.48. The predicted molar refractivity (Wildman–Crippen MR) is 149 cm³/mol. The van der Waals surface area contributed by atoms with Crippen LogP contribution in [0.3, 0.4) is 0 Å². The Balaban J connectivity index is 1.24. The molecule has 4 aliphatic rings. The molecule has 3 saturated heterocycles. The van der Waals surface area contributed by atoms with Gasteiger partial charge in [-0.15, -0.1) is 0 Å². The lowest BCUT2D eigenvalue weighted by Crippen LogP contribution is -2.54. The van der Waals surface area contributed by atoms with Crippen LogP contribution in [0.2, 0.25) is 0 Å². The van der Waals surface area contributed by atoms with E-state index in [2.05, 4.69) is 39.3 Å². The zero-order chi connectivity index (χ0) is 27.6. The first-order valence-electron chi connectivity index (χ1n) is 13.8. The van der Waals surface area contributed by atoms with E-state index in [-0.39, 0.29) is 17.3 Å². The number of piperazine rings is 1. The van der Waals surface area contributed by atoms with Gasteiger partial charge in [0.2, 0.25) is 0 Å². The van der Waals surface area contributed by atoms with Crippen molar-refractivity contribution < 1.29 is 18.7 Å². The van der Waals surface area contributed by atoms with E-state index >= 15 is 0 Å². The number of carbonyl (C=O) groups is 1. The minimum Gasteiger partial charge on any atom is -0.460 e. The Labute approximate surface area is 230 Å². The summed E-state index contributed by atoms with van der Waals surface area (Å²) in [4.78, 5) is 29.3. The van der Waals surface area contributed by atoms with Crippen LogP contribution in [-0.4, -0.2) is 69.2 Å². The van der Waals surface area contributed by atoms with E-state index in [1.54, 1.807) is 36.0 Å². The molecule has 2 atom stereocenters. The summed E-state index contributed by atoms with van der Waals surface area (Å²) in [6.07, 6.45) is 7.08. The second-order valence-corrected chi connectivity index (χ2v) is 11.6. The van der Waals surface area contributed by atoms with Gasteiger partial charge in [0.1, 0.15) is 12.2 Å². The fourth-order valence-corrected chi connectivity index (χ4v) is 6.47. The number of nitrogens with one attached hydrogen (secondary N) is 2. The molecular formula is C29H32FN7O3. The van der Waals surface area contributed by atoms with Gasteiger partial charge in [-0.25, -0.2) is 14.4 Å². The Hall–Kier alpha value is -3.83. The third-order valence-corrected chi connectivity index (χ3v) is 8.14. The second kappa shape index (κ2) is 9.38. The number of aryl methyl sites for hydroxylation is 1. The topological polar surface area (TPSA) is 106 Å². The molecule has 1 aliphatic carbocycles. The number of benzene rings is 1. The first kappa shape index (κ1) is 25.2. The van der Waals surface area contributed by atoms with E-state index < -0.39 is 11.7 Å². The third-order valence-electron chi connectivity index (χ3n) is 8.14. The van der Waals surface area contributed by atoms with Crippen molar-refractivity contribution in [1.82, 2.24) is 24.7 Å². The monoisotopic (exact) mass is 545 g/mol. The maximum Gasteiger partial charge on any atom is 0.317 e. The predicted octanol–water partition coefficient (Wildman–Crippen LogP) is 3.72. The maximum atomic E-state index is 14.7. The van der Waals surface area contributed by atoms with Crippen molar-refractivity contribution in [3.63, 3.8) is 0 Å². The van der Waals surface area contributed by atoms with Crippen molar-refractivity contribution in [2.45, 2.75) is 51.3 Å². The number of carbonyl (C=O) groups excluding carboxylic acids is 1. The molecule has 10 nitrogen and oxygen atoms in total. The summed E-state index contributed by atoms with van der Waals surface area (Å²) in [5, 5.41) is 7.16. The summed E-state index contributed by atoms with van der Waals surface area (Å²) < 4.78 is 28.2. The van der Waals surface area contributed by atoms with Crippen molar-refractivity contribution >= 4 is 33.8 Å². The van der Waals surface area contributed by atoms with Gasteiger partial charge in [-0.3, -0.25) is 4.79 Å². The second-order valence-electron chi connectivity index (χ2n) is 11.6. The normalized spacial score (nSPS) is 25.8. The molecule has 1 saturated carbocycles. The number of hydrogen-bond acceptors (Lipinski definition) is 8. The molecule has 3 aliphatic heterocycles. The van der Waals surface area contributed by atoms with Gasteiger partial charge >= 0.3 is 6.01 Å². The summed E-state index contributed by atoms with van der Waals surface area (Å²) in [7, 11) is 0. The van der Waals surface area contributed by atoms with Gasteiger partial charge in [0.05, 0.1) is 29.1 Å². The SMILES string of the molecule is Cc1cn2cc(NC(=O)c3ccc(N4C[C@@H](C)N[C@H](C)C4)c4cnc(OCC56CC(CO5)C6)nc34)cc(F)c2n1. The Morgan fingerprint density at radius 1 is 1.23 bits per heavy atom. The quantitative estimate of drug-likeness (QED) is 0.378. The Morgan fingerprint density at radius 2 is 2.02 bits per heavy atom. The van der Waals surface area contributed by atoms with E-state index in [4.69, 9.17) is 14.5 Å². The van der Waals surface area contributed by atoms with E-state index in [1.807, 2.05) is 6.07 Å². The maximum absolute atomic E-state index is 14.7. The molecule has 6 heterocycles. The number of aromatic nitrogens is 4. The van der Waals surface area contributed by atoms with Gasteiger partial charge in [-0.05, 0) is 51.7 Å². The number of pyridine rings is 1. The van der Waals surface area contributed by atoms with Gasteiger partial charge < -0.3 is 29.4 Å². The molecule has 2 N–H and O–H groups in total. The summed E-state index contributed by atoms with van der Waals surface area (Å²) in [6, 6.07) is 5.80. The lowest BCUT2D eigenvalue weighted by atomic mass is 9.75. The average Bonchev–Trinajstić information content (AvgIpc) is 3.60. The van der Waals surface area contributed by atoms with Gasteiger partial charge in [0.25, 0.3) is 5.91 Å². The van der Waals surface area contributed by atoms with Crippen LogP contribution in [0.4, 0.5) is 15.8 Å². The summed E-state index contributed by atoms with van der Waals surface area (Å²) in [5.41, 5.74) is 2.76. The van der Waals surface area contributed by atoms with Gasteiger partial charge in [0, 0.05) is 60.9 Å². The Kier molecular flexibility index (Phi) is 5.90. The summed E-state index contributed by atoms with van der Waals surface area (Å²) in [6.45, 7) is 8.89. The zero-order valence-electron chi connectivity index (χ0n) is 22.8. The highest BCUT2D eigenvalue weighted by atomic mass is 19.1. The summed E-state index contributed by atoms with van der Waals surface area (Å²) >= 11 is 0. The number of hydrogen-bond donors (Lipinski definition) is 2. The van der Waals surface area contributed by atoms with E-state index in [0.717, 1.165) is 43.6 Å². The lowest BCUT2D eigenvalue weighted by Gasteiger charge is -2.38. The van der Waals surface area contributed by atoms with Gasteiger partial charge in [-0.1, -0.05) is 0 Å². The van der Waals surface area contributed by atoms with Crippen LogP contribution in [0.1, 0.15) is 42.7 Å². The van der Waals surface area contributed by atoms with Crippen LogP contribution in [-0.2, 0) is 4.74 Å². The molecule has 0 spiro atoms. The van der Waals surface area contributed by atoms with Crippen LogP contribution in [0.15, 0.2) is 36.8 Å². The third kappa shape index (κ3) is 4.43. The number of nitrogens with zero attached hydrogens (tertiary/aromatic N) is 5. The molecule has 4 aromatic rings. The van der Waals surface area contributed by atoms with Crippen molar-refractivity contribution in [1.29, 1.82) is 0 Å². The molecule has 208 valence electrons. The molecule has 1 amide bonds. The number of amides is 1. The molecule has 11 heteroatoms. The molecule has 3 aromatic heterocycles. The number of ether oxygens (including phenoxy) is 2. The molecule has 4 fully saturated rings. The molecule has 1 aromatic carbocycles. The lowest BCUT2D eigenvalue weighted by molar-refractivity contribution is -0.0379. The first-order valence-corrected chi connectivity index (χ1v) is 13.8. The smallest absolute Gasteiger partial charge is 0.317 e. The molecule has 40 heavy (non-hydrogen) atoms. The van der Waals surface area contributed by atoms with Crippen molar-refractivity contribution in [2.24, 2.45) is 5.92 Å². The minimum absolute atomic E-state index is 0.204. The van der Waals surface area contributed by atoms with Gasteiger partial charge in [-0.2, -0.15) is 4.98 Å². The number of halogens is 1. The largest absolute Gasteiger partial charge is 0.460 e. The number of imidazole rings is 1. The molecule has 8 rings (SSSR count). The minimum atomic E-state index is -0.516. The Morgan fingerprint density at radius 3 is 2.77 bits per heavy atom. The zero-order valence-corrected chi connectivity index (χ0v) is 22.8. The number of rotatable bonds is 6. The molecular weight excluding hydrogens is 513 g/mol. The molecule has 0 unspecified atom stereocenters.